The number of rotatable bonds is 4. The molecule has 0 spiro atoms. The number of nitrogens with zero attached hydrogens (tertiary/aromatic N) is 2. The smallest absolute Gasteiger partial charge is 0.330 e. The molecule has 2 rings (SSSR count). The molecule has 0 bridgehead atoms. The van der Waals surface area contributed by atoms with E-state index in [2.05, 4.69) is 4.98 Å². The maximum Gasteiger partial charge on any atom is 0.330 e. The summed E-state index contributed by atoms with van der Waals surface area (Å²) in [4.78, 5) is 15.1. The van der Waals surface area contributed by atoms with Crippen LogP contribution in [0.5, 0.6) is 0 Å². The summed E-state index contributed by atoms with van der Waals surface area (Å²) in [6.45, 7) is 2.17. The molecular weight excluding hydrogens is 228 g/mol. The molecule has 0 saturated heterocycles. The Morgan fingerprint density at radius 3 is 2.78 bits per heavy atom. The first-order valence-electron chi connectivity index (χ1n) is 5.73. The summed E-state index contributed by atoms with van der Waals surface area (Å²) < 4.78 is 6.72. The van der Waals surface area contributed by atoms with Crippen molar-refractivity contribution >= 4 is 12.0 Å². The zero-order chi connectivity index (χ0) is 12.8. The second-order valence-corrected chi connectivity index (χ2v) is 3.65. The van der Waals surface area contributed by atoms with E-state index in [9.17, 15) is 4.79 Å². The van der Waals surface area contributed by atoms with Gasteiger partial charge in [0.2, 0.25) is 0 Å². The lowest BCUT2D eigenvalue weighted by molar-refractivity contribution is -0.137. The highest BCUT2D eigenvalue weighted by Gasteiger charge is 1.96. The molecule has 0 aliphatic carbocycles. The number of ether oxygens (including phenoxy) is 1. The van der Waals surface area contributed by atoms with Gasteiger partial charge in [0.25, 0.3) is 0 Å². The van der Waals surface area contributed by atoms with Crippen molar-refractivity contribution in [3.63, 3.8) is 0 Å². The van der Waals surface area contributed by atoms with Gasteiger partial charge in [0.15, 0.2) is 0 Å². The minimum atomic E-state index is -0.323. The highest BCUT2D eigenvalue weighted by molar-refractivity contribution is 5.87. The number of carbonyl (C=O) groups excluding carboxylic acids is 1. The van der Waals surface area contributed by atoms with Crippen LogP contribution in [0.25, 0.3) is 11.8 Å². The van der Waals surface area contributed by atoms with Crippen molar-refractivity contribution in [3.8, 4) is 5.69 Å². The van der Waals surface area contributed by atoms with E-state index in [1.807, 2.05) is 35.0 Å². The van der Waals surface area contributed by atoms with Crippen LogP contribution >= 0.6 is 0 Å². The average molecular weight is 242 g/mol. The molecule has 4 heteroatoms. The molecule has 92 valence electrons. The summed E-state index contributed by atoms with van der Waals surface area (Å²) in [7, 11) is 0. The van der Waals surface area contributed by atoms with E-state index in [0.29, 0.717) is 6.61 Å². The predicted molar refractivity (Wildman–Crippen MR) is 69.2 cm³/mol. The summed E-state index contributed by atoms with van der Waals surface area (Å²) in [5.74, 6) is -0.323. The molecule has 0 amide bonds. The van der Waals surface area contributed by atoms with Gasteiger partial charge in [0, 0.05) is 24.2 Å². The lowest BCUT2D eigenvalue weighted by atomic mass is 10.2. The van der Waals surface area contributed by atoms with Gasteiger partial charge in [-0.15, -0.1) is 0 Å². The molecule has 0 aliphatic rings. The van der Waals surface area contributed by atoms with E-state index in [4.69, 9.17) is 4.74 Å². The van der Waals surface area contributed by atoms with E-state index in [1.54, 1.807) is 25.5 Å². The molecule has 0 fully saturated rings. The third-order valence-electron chi connectivity index (χ3n) is 2.39. The standard InChI is InChI=1S/C14H14N2O2/c1-2-18-14(17)8-5-12-3-6-13(7-4-12)16-10-9-15-11-16/h3-11H,2H2,1H3/b8-5+. The fourth-order valence-corrected chi connectivity index (χ4v) is 1.52. The van der Waals surface area contributed by atoms with Crippen molar-refractivity contribution in [1.29, 1.82) is 0 Å². The summed E-state index contributed by atoms with van der Waals surface area (Å²) in [6, 6.07) is 7.80. The molecule has 1 aromatic carbocycles. The van der Waals surface area contributed by atoms with E-state index in [1.165, 1.54) is 6.08 Å². The first-order chi connectivity index (χ1) is 8.79. The fraction of sp³-hybridized carbons (Fsp3) is 0.143. The zero-order valence-electron chi connectivity index (χ0n) is 10.1. The largest absolute Gasteiger partial charge is 0.463 e. The molecule has 1 heterocycles. The molecule has 0 atom stereocenters. The van der Waals surface area contributed by atoms with Crippen LogP contribution in [-0.4, -0.2) is 22.1 Å². The van der Waals surface area contributed by atoms with Gasteiger partial charge in [0.05, 0.1) is 12.9 Å². The van der Waals surface area contributed by atoms with Crippen molar-refractivity contribution in [2.75, 3.05) is 6.61 Å². The van der Waals surface area contributed by atoms with Crippen LogP contribution in [0.3, 0.4) is 0 Å². The number of carbonyl (C=O) groups is 1. The average Bonchev–Trinajstić information content (AvgIpc) is 2.91. The third kappa shape index (κ3) is 3.07. The molecular formula is C14H14N2O2. The summed E-state index contributed by atoms with van der Waals surface area (Å²) >= 11 is 0. The van der Waals surface area contributed by atoms with Gasteiger partial charge in [-0.05, 0) is 30.7 Å². The van der Waals surface area contributed by atoms with Gasteiger partial charge in [-0.1, -0.05) is 12.1 Å². The number of benzene rings is 1. The maximum absolute atomic E-state index is 11.1. The summed E-state index contributed by atoms with van der Waals surface area (Å²) in [5, 5.41) is 0. The normalized spacial score (nSPS) is 10.7. The fourth-order valence-electron chi connectivity index (χ4n) is 1.52. The Bertz CT molecular complexity index is 527. The minimum Gasteiger partial charge on any atom is -0.463 e. The molecule has 2 aromatic rings. The van der Waals surface area contributed by atoms with Crippen LogP contribution in [0.15, 0.2) is 49.1 Å². The topological polar surface area (TPSA) is 44.1 Å². The van der Waals surface area contributed by atoms with Crippen molar-refractivity contribution in [2.24, 2.45) is 0 Å². The van der Waals surface area contributed by atoms with E-state index in [-0.39, 0.29) is 5.97 Å². The Kier molecular flexibility index (Phi) is 3.91. The first kappa shape index (κ1) is 12.1. The Hall–Kier alpha value is -2.36. The van der Waals surface area contributed by atoms with Crippen LogP contribution in [0.4, 0.5) is 0 Å². The highest BCUT2D eigenvalue weighted by Crippen LogP contribution is 2.10. The summed E-state index contributed by atoms with van der Waals surface area (Å²) in [6.07, 6.45) is 8.51. The second kappa shape index (κ2) is 5.82. The minimum absolute atomic E-state index is 0.323. The number of imidazole rings is 1. The van der Waals surface area contributed by atoms with Gasteiger partial charge < -0.3 is 9.30 Å². The molecule has 0 saturated carbocycles. The Morgan fingerprint density at radius 1 is 1.39 bits per heavy atom. The van der Waals surface area contributed by atoms with Crippen molar-refractivity contribution in [3.05, 3.63) is 54.6 Å². The van der Waals surface area contributed by atoms with Gasteiger partial charge in [-0.25, -0.2) is 9.78 Å². The molecule has 1 aromatic heterocycles. The van der Waals surface area contributed by atoms with Gasteiger partial charge in [-0.2, -0.15) is 0 Å². The van der Waals surface area contributed by atoms with Gasteiger partial charge in [-0.3, -0.25) is 0 Å². The number of esters is 1. The van der Waals surface area contributed by atoms with Crippen LogP contribution in [-0.2, 0) is 9.53 Å². The second-order valence-electron chi connectivity index (χ2n) is 3.65. The Balaban J connectivity index is 2.06. The lowest BCUT2D eigenvalue weighted by Crippen LogP contribution is -1.98. The molecule has 18 heavy (non-hydrogen) atoms. The first-order valence-corrected chi connectivity index (χ1v) is 5.73. The predicted octanol–water partition coefficient (Wildman–Crippen LogP) is 2.45. The van der Waals surface area contributed by atoms with Crippen LogP contribution in [0.2, 0.25) is 0 Å². The van der Waals surface area contributed by atoms with Crippen molar-refractivity contribution in [1.82, 2.24) is 9.55 Å². The molecule has 0 aliphatic heterocycles. The summed E-state index contributed by atoms with van der Waals surface area (Å²) in [5.41, 5.74) is 1.98. The van der Waals surface area contributed by atoms with Crippen LogP contribution < -0.4 is 0 Å². The monoisotopic (exact) mass is 242 g/mol. The molecule has 0 unspecified atom stereocenters. The van der Waals surface area contributed by atoms with Crippen molar-refractivity contribution < 1.29 is 9.53 Å². The van der Waals surface area contributed by atoms with E-state index in [0.717, 1.165) is 11.3 Å². The molecule has 4 nitrogen and oxygen atoms in total. The van der Waals surface area contributed by atoms with Gasteiger partial charge >= 0.3 is 5.97 Å². The Labute approximate surface area is 106 Å². The highest BCUT2D eigenvalue weighted by atomic mass is 16.5. The van der Waals surface area contributed by atoms with Gasteiger partial charge in [0.1, 0.15) is 0 Å². The quantitative estimate of drug-likeness (QED) is 0.611. The molecule has 0 radical (unpaired) electrons. The number of hydrogen-bond donors (Lipinski definition) is 0. The maximum atomic E-state index is 11.1. The third-order valence-corrected chi connectivity index (χ3v) is 2.39. The Morgan fingerprint density at radius 2 is 2.17 bits per heavy atom. The van der Waals surface area contributed by atoms with E-state index >= 15 is 0 Å². The number of aromatic nitrogens is 2. The van der Waals surface area contributed by atoms with E-state index < -0.39 is 0 Å². The van der Waals surface area contributed by atoms with Crippen LogP contribution in [0, 0.1) is 0 Å². The number of hydrogen-bond acceptors (Lipinski definition) is 3. The van der Waals surface area contributed by atoms with Crippen molar-refractivity contribution in [2.45, 2.75) is 6.92 Å². The zero-order valence-corrected chi connectivity index (χ0v) is 10.1. The molecule has 0 N–H and O–H groups in total. The lowest BCUT2D eigenvalue weighted by Gasteiger charge is -2.01. The van der Waals surface area contributed by atoms with Crippen LogP contribution in [0.1, 0.15) is 12.5 Å². The SMILES string of the molecule is CCOC(=O)/C=C/c1ccc(-n2ccnc2)cc1.